The number of aryl methyl sites for hydroxylation is 1. The Kier molecular flexibility index (Phi) is 4.18. The zero-order chi connectivity index (χ0) is 14.9. The van der Waals surface area contributed by atoms with E-state index in [1.165, 1.54) is 0 Å². The van der Waals surface area contributed by atoms with Crippen molar-refractivity contribution in [1.29, 1.82) is 0 Å². The van der Waals surface area contributed by atoms with Gasteiger partial charge < -0.3 is 10.4 Å². The Morgan fingerprint density at radius 2 is 2.15 bits per heavy atom. The molecule has 4 nitrogen and oxygen atoms in total. The van der Waals surface area contributed by atoms with Gasteiger partial charge in [0.15, 0.2) is 0 Å². The summed E-state index contributed by atoms with van der Waals surface area (Å²) in [7, 11) is 0. The van der Waals surface area contributed by atoms with E-state index in [0.29, 0.717) is 18.4 Å². The van der Waals surface area contributed by atoms with Gasteiger partial charge in [-0.2, -0.15) is 0 Å². The molecule has 1 saturated carbocycles. The van der Waals surface area contributed by atoms with Crippen molar-refractivity contribution in [3.05, 3.63) is 33.8 Å². The summed E-state index contributed by atoms with van der Waals surface area (Å²) in [4.78, 5) is 23.8. The highest BCUT2D eigenvalue weighted by atomic mass is 79.9. The van der Waals surface area contributed by atoms with Crippen LogP contribution in [0.5, 0.6) is 0 Å². The van der Waals surface area contributed by atoms with Crippen molar-refractivity contribution < 1.29 is 14.7 Å². The maximum atomic E-state index is 12.4. The first-order valence-corrected chi connectivity index (χ1v) is 7.44. The van der Waals surface area contributed by atoms with Crippen LogP contribution in [0.15, 0.2) is 22.7 Å². The maximum Gasteiger partial charge on any atom is 0.311 e. The van der Waals surface area contributed by atoms with E-state index >= 15 is 0 Å². The molecule has 2 rings (SSSR count). The van der Waals surface area contributed by atoms with E-state index < -0.39 is 11.4 Å². The summed E-state index contributed by atoms with van der Waals surface area (Å²) in [5, 5.41) is 12.3. The SMILES string of the molecule is Cc1ccc(Br)cc1C(=O)NC1CCCC1(C)C(=O)O. The molecule has 1 aliphatic carbocycles. The predicted octanol–water partition coefficient (Wildman–Crippen LogP) is 3.13. The second-order valence-electron chi connectivity index (χ2n) is 5.60. The van der Waals surface area contributed by atoms with Crippen molar-refractivity contribution in [2.75, 3.05) is 0 Å². The van der Waals surface area contributed by atoms with Gasteiger partial charge in [0.1, 0.15) is 0 Å². The van der Waals surface area contributed by atoms with E-state index in [2.05, 4.69) is 21.2 Å². The summed E-state index contributed by atoms with van der Waals surface area (Å²) in [6.45, 7) is 3.58. The van der Waals surface area contributed by atoms with Crippen molar-refractivity contribution in [3.63, 3.8) is 0 Å². The highest BCUT2D eigenvalue weighted by Gasteiger charge is 2.46. The zero-order valence-electron chi connectivity index (χ0n) is 11.6. The maximum absolute atomic E-state index is 12.4. The Hall–Kier alpha value is -1.36. The van der Waals surface area contributed by atoms with Crippen LogP contribution in [0.3, 0.4) is 0 Å². The van der Waals surface area contributed by atoms with Gasteiger partial charge in [-0.15, -0.1) is 0 Å². The average Bonchev–Trinajstić information content (AvgIpc) is 2.75. The molecule has 0 spiro atoms. The van der Waals surface area contributed by atoms with Gasteiger partial charge in [-0.1, -0.05) is 28.4 Å². The first kappa shape index (κ1) is 15.0. The molecule has 5 heteroatoms. The van der Waals surface area contributed by atoms with Gasteiger partial charge in [0.2, 0.25) is 0 Å². The highest BCUT2D eigenvalue weighted by Crippen LogP contribution is 2.38. The van der Waals surface area contributed by atoms with Crippen LogP contribution in [0.25, 0.3) is 0 Å². The number of amides is 1. The summed E-state index contributed by atoms with van der Waals surface area (Å²) in [6, 6.07) is 5.19. The molecule has 1 aromatic rings. The second-order valence-corrected chi connectivity index (χ2v) is 6.52. The van der Waals surface area contributed by atoms with Gasteiger partial charge in [0, 0.05) is 16.1 Å². The third-order valence-corrected chi connectivity index (χ3v) is 4.69. The molecule has 1 aliphatic rings. The van der Waals surface area contributed by atoms with E-state index in [-0.39, 0.29) is 11.9 Å². The van der Waals surface area contributed by atoms with Gasteiger partial charge in [-0.3, -0.25) is 9.59 Å². The van der Waals surface area contributed by atoms with Crippen LogP contribution in [0, 0.1) is 12.3 Å². The molecule has 0 heterocycles. The molecule has 0 radical (unpaired) electrons. The molecule has 0 saturated heterocycles. The Morgan fingerprint density at radius 3 is 2.80 bits per heavy atom. The minimum atomic E-state index is -0.865. The predicted molar refractivity (Wildman–Crippen MR) is 79.7 cm³/mol. The monoisotopic (exact) mass is 339 g/mol. The molecular formula is C15H18BrNO3. The third-order valence-electron chi connectivity index (χ3n) is 4.20. The average molecular weight is 340 g/mol. The lowest BCUT2D eigenvalue weighted by Crippen LogP contribution is -2.47. The Bertz CT molecular complexity index is 558. The molecule has 108 valence electrons. The van der Waals surface area contributed by atoms with Crippen molar-refractivity contribution in [2.24, 2.45) is 5.41 Å². The van der Waals surface area contributed by atoms with E-state index in [1.54, 1.807) is 13.0 Å². The van der Waals surface area contributed by atoms with Crippen LogP contribution in [0.2, 0.25) is 0 Å². The molecule has 0 aliphatic heterocycles. The number of carboxylic acids is 1. The van der Waals surface area contributed by atoms with Crippen LogP contribution in [-0.2, 0) is 4.79 Å². The van der Waals surface area contributed by atoms with Crippen molar-refractivity contribution in [2.45, 2.75) is 39.2 Å². The minimum Gasteiger partial charge on any atom is -0.481 e. The molecule has 1 fully saturated rings. The Labute approximate surface area is 126 Å². The second kappa shape index (κ2) is 5.56. The Balaban J connectivity index is 2.19. The molecule has 1 aromatic carbocycles. The number of carboxylic acid groups (broad SMARTS) is 1. The molecular weight excluding hydrogens is 322 g/mol. The van der Waals surface area contributed by atoms with E-state index in [1.807, 2.05) is 19.1 Å². The van der Waals surface area contributed by atoms with Crippen molar-refractivity contribution in [3.8, 4) is 0 Å². The number of carbonyl (C=O) groups excluding carboxylic acids is 1. The smallest absolute Gasteiger partial charge is 0.311 e. The number of benzene rings is 1. The standard InChI is InChI=1S/C15H18BrNO3/c1-9-5-6-10(16)8-11(9)13(18)17-12-4-3-7-15(12,2)14(19)20/h5-6,8,12H,3-4,7H2,1-2H3,(H,17,18)(H,19,20). The topological polar surface area (TPSA) is 66.4 Å². The zero-order valence-corrected chi connectivity index (χ0v) is 13.2. The van der Waals surface area contributed by atoms with E-state index in [0.717, 1.165) is 16.5 Å². The quantitative estimate of drug-likeness (QED) is 0.888. The highest BCUT2D eigenvalue weighted by molar-refractivity contribution is 9.10. The molecule has 20 heavy (non-hydrogen) atoms. The number of aliphatic carboxylic acids is 1. The van der Waals surface area contributed by atoms with Gasteiger partial charge in [-0.05, 0) is 44.4 Å². The van der Waals surface area contributed by atoms with Gasteiger partial charge in [0.05, 0.1) is 5.41 Å². The van der Waals surface area contributed by atoms with Crippen LogP contribution in [0.4, 0.5) is 0 Å². The number of nitrogens with one attached hydrogen (secondary N) is 1. The fourth-order valence-corrected chi connectivity index (χ4v) is 3.09. The number of rotatable bonds is 3. The van der Waals surface area contributed by atoms with Crippen LogP contribution in [0.1, 0.15) is 42.1 Å². The summed E-state index contributed by atoms with van der Waals surface area (Å²) >= 11 is 3.35. The normalized spacial score (nSPS) is 25.4. The van der Waals surface area contributed by atoms with E-state index in [4.69, 9.17) is 0 Å². The van der Waals surface area contributed by atoms with Crippen LogP contribution in [-0.4, -0.2) is 23.0 Å². The molecule has 1 amide bonds. The van der Waals surface area contributed by atoms with Gasteiger partial charge in [-0.25, -0.2) is 0 Å². The van der Waals surface area contributed by atoms with Crippen molar-refractivity contribution in [1.82, 2.24) is 5.32 Å². The number of hydrogen-bond donors (Lipinski definition) is 2. The molecule has 0 aromatic heterocycles. The lowest BCUT2D eigenvalue weighted by atomic mass is 9.84. The number of halogens is 1. The van der Waals surface area contributed by atoms with Gasteiger partial charge in [0.25, 0.3) is 5.91 Å². The summed E-state index contributed by atoms with van der Waals surface area (Å²) in [6.07, 6.45) is 2.14. The number of carbonyl (C=O) groups is 2. The number of hydrogen-bond acceptors (Lipinski definition) is 2. The van der Waals surface area contributed by atoms with Crippen LogP contribution >= 0.6 is 15.9 Å². The summed E-state index contributed by atoms with van der Waals surface area (Å²) in [5.74, 6) is -1.05. The lowest BCUT2D eigenvalue weighted by Gasteiger charge is -2.28. The molecule has 0 bridgehead atoms. The minimum absolute atomic E-state index is 0.205. The fourth-order valence-electron chi connectivity index (χ4n) is 2.73. The first-order chi connectivity index (χ1) is 9.34. The third kappa shape index (κ3) is 2.73. The fraction of sp³-hybridized carbons (Fsp3) is 0.467. The lowest BCUT2D eigenvalue weighted by molar-refractivity contribution is -0.148. The van der Waals surface area contributed by atoms with E-state index in [9.17, 15) is 14.7 Å². The molecule has 2 N–H and O–H groups in total. The Morgan fingerprint density at radius 1 is 1.45 bits per heavy atom. The molecule has 2 atom stereocenters. The molecule has 2 unspecified atom stereocenters. The summed E-state index contributed by atoms with van der Waals surface area (Å²) in [5.41, 5.74) is 0.593. The van der Waals surface area contributed by atoms with Gasteiger partial charge >= 0.3 is 5.97 Å². The van der Waals surface area contributed by atoms with Crippen LogP contribution < -0.4 is 5.32 Å². The first-order valence-electron chi connectivity index (χ1n) is 6.65. The largest absolute Gasteiger partial charge is 0.481 e. The van der Waals surface area contributed by atoms with Crippen molar-refractivity contribution >= 4 is 27.8 Å². The summed E-state index contributed by atoms with van der Waals surface area (Å²) < 4.78 is 0.834.